The largest absolute Gasteiger partial charge is 0.313 e. The number of hydrogen-bond donors (Lipinski definition) is 1. The highest BCUT2D eigenvalue weighted by molar-refractivity contribution is 7.92. The van der Waals surface area contributed by atoms with E-state index in [1.165, 1.54) is 38.4 Å². The zero-order chi connectivity index (χ0) is 13.8. The van der Waals surface area contributed by atoms with Crippen molar-refractivity contribution in [1.29, 1.82) is 0 Å². The SMILES string of the molecule is CCNC(CC1CCCCC1)C(C)(C)S(C)(=O)=O. The average Bonchev–Trinajstić information content (AvgIpc) is 2.28. The van der Waals surface area contributed by atoms with E-state index in [1.807, 2.05) is 20.8 Å². The summed E-state index contributed by atoms with van der Waals surface area (Å²) in [6, 6.07) is 0.0700. The van der Waals surface area contributed by atoms with Gasteiger partial charge in [0.15, 0.2) is 9.84 Å². The molecular weight excluding hydrogens is 246 g/mol. The lowest BCUT2D eigenvalue weighted by Crippen LogP contribution is -2.52. The Balaban J connectivity index is 2.75. The van der Waals surface area contributed by atoms with Crippen molar-refractivity contribution in [2.75, 3.05) is 12.8 Å². The highest BCUT2D eigenvalue weighted by atomic mass is 32.2. The Hall–Kier alpha value is -0.0900. The van der Waals surface area contributed by atoms with Crippen molar-refractivity contribution in [3.05, 3.63) is 0 Å². The van der Waals surface area contributed by atoms with Gasteiger partial charge in [0.1, 0.15) is 0 Å². The van der Waals surface area contributed by atoms with Crippen molar-refractivity contribution in [2.24, 2.45) is 5.92 Å². The molecule has 1 unspecified atom stereocenters. The molecule has 0 bridgehead atoms. The van der Waals surface area contributed by atoms with Crippen LogP contribution in [-0.4, -0.2) is 32.0 Å². The van der Waals surface area contributed by atoms with E-state index < -0.39 is 14.6 Å². The summed E-state index contributed by atoms with van der Waals surface area (Å²) in [6.07, 6.45) is 8.85. The van der Waals surface area contributed by atoms with Crippen LogP contribution in [-0.2, 0) is 9.84 Å². The minimum absolute atomic E-state index is 0.0700. The van der Waals surface area contributed by atoms with Gasteiger partial charge in [-0.3, -0.25) is 0 Å². The Morgan fingerprint density at radius 1 is 1.22 bits per heavy atom. The first kappa shape index (κ1) is 16.0. The van der Waals surface area contributed by atoms with E-state index in [1.54, 1.807) is 0 Å². The minimum atomic E-state index is -3.04. The zero-order valence-corrected chi connectivity index (χ0v) is 13.1. The van der Waals surface area contributed by atoms with Gasteiger partial charge in [-0.15, -0.1) is 0 Å². The van der Waals surface area contributed by atoms with Gasteiger partial charge in [-0.25, -0.2) is 8.42 Å². The summed E-state index contributed by atoms with van der Waals surface area (Å²) in [5, 5.41) is 3.40. The molecule has 108 valence electrons. The fourth-order valence-electron chi connectivity index (χ4n) is 2.87. The summed E-state index contributed by atoms with van der Waals surface area (Å²) in [6.45, 7) is 6.60. The van der Waals surface area contributed by atoms with Crippen LogP contribution in [0.2, 0.25) is 0 Å². The maximum Gasteiger partial charge on any atom is 0.154 e. The quantitative estimate of drug-likeness (QED) is 0.811. The van der Waals surface area contributed by atoms with Crippen LogP contribution >= 0.6 is 0 Å². The van der Waals surface area contributed by atoms with Gasteiger partial charge in [-0.1, -0.05) is 39.0 Å². The van der Waals surface area contributed by atoms with Crippen LogP contribution in [0.1, 0.15) is 59.3 Å². The minimum Gasteiger partial charge on any atom is -0.313 e. The van der Waals surface area contributed by atoms with Crippen LogP contribution in [0, 0.1) is 5.92 Å². The molecule has 0 radical (unpaired) electrons. The molecule has 18 heavy (non-hydrogen) atoms. The van der Waals surface area contributed by atoms with Crippen molar-refractivity contribution in [2.45, 2.75) is 70.1 Å². The van der Waals surface area contributed by atoms with Crippen LogP contribution in [0.4, 0.5) is 0 Å². The molecule has 1 rings (SSSR count). The molecule has 1 saturated carbocycles. The lowest BCUT2D eigenvalue weighted by Gasteiger charge is -2.36. The van der Waals surface area contributed by atoms with Crippen molar-refractivity contribution in [1.82, 2.24) is 5.32 Å². The molecular formula is C14H29NO2S. The number of hydrogen-bond acceptors (Lipinski definition) is 3. The van der Waals surface area contributed by atoms with Gasteiger partial charge in [-0.2, -0.15) is 0 Å². The summed E-state index contributed by atoms with van der Waals surface area (Å²) >= 11 is 0. The van der Waals surface area contributed by atoms with Crippen LogP contribution in [0.5, 0.6) is 0 Å². The van der Waals surface area contributed by atoms with Crippen LogP contribution in [0.25, 0.3) is 0 Å². The third-order valence-electron chi connectivity index (χ3n) is 4.54. The molecule has 0 aromatic heterocycles. The molecule has 0 heterocycles. The Morgan fingerprint density at radius 3 is 2.22 bits per heavy atom. The van der Waals surface area contributed by atoms with Crippen LogP contribution in [0.15, 0.2) is 0 Å². The molecule has 0 saturated heterocycles. The van der Waals surface area contributed by atoms with Gasteiger partial charge in [0.25, 0.3) is 0 Å². The highest BCUT2D eigenvalue weighted by Crippen LogP contribution is 2.32. The van der Waals surface area contributed by atoms with Gasteiger partial charge in [0.05, 0.1) is 4.75 Å². The number of sulfone groups is 1. The second-order valence-corrected chi connectivity index (χ2v) is 8.82. The number of rotatable bonds is 6. The molecule has 1 atom stereocenters. The Kier molecular flexibility index (Phi) is 5.66. The second kappa shape index (κ2) is 6.38. The molecule has 1 fully saturated rings. The topological polar surface area (TPSA) is 46.2 Å². The first-order chi connectivity index (χ1) is 8.29. The maximum atomic E-state index is 12.0. The fourth-order valence-corrected chi connectivity index (χ4v) is 3.57. The molecule has 0 spiro atoms. The molecule has 1 aliphatic carbocycles. The Morgan fingerprint density at radius 2 is 1.78 bits per heavy atom. The molecule has 0 aromatic rings. The maximum absolute atomic E-state index is 12.0. The third-order valence-corrected chi connectivity index (χ3v) is 6.73. The highest BCUT2D eigenvalue weighted by Gasteiger charge is 2.39. The average molecular weight is 275 g/mol. The van der Waals surface area contributed by atoms with Gasteiger partial charge in [0.2, 0.25) is 0 Å². The summed E-state index contributed by atoms with van der Waals surface area (Å²) in [5.74, 6) is 0.698. The van der Waals surface area contributed by atoms with Gasteiger partial charge < -0.3 is 5.32 Å². The molecule has 0 aromatic carbocycles. The normalized spacial score (nSPS) is 20.9. The molecule has 4 heteroatoms. The smallest absolute Gasteiger partial charge is 0.154 e. The van der Waals surface area contributed by atoms with Gasteiger partial charge >= 0.3 is 0 Å². The molecule has 1 N–H and O–H groups in total. The van der Waals surface area contributed by atoms with E-state index in [2.05, 4.69) is 5.32 Å². The predicted molar refractivity (Wildman–Crippen MR) is 77.6 cm³/mol. The first-order valence-corrected chi connectivity index (χ1v) is 9.11. The predicted octanol–water partition coefficient (Wildman–Crippen LogP) is 2.76. The summed E-state index contributed by atoms with van der Waals surface area (Å²) < 4.78 is 23.3. The van der Waals surface area contributed by atoms with E-state index in [9.17, 15) is 8.42 Å². The number of nitrogens with one attached hydrogen (secondary N) is 1. The van der Waals surface area contributed by atoms with E-state index in [0.29, 0.717) is 5.92 Å². The standard InChI is InChI=1S/C14H29NO2S/c1-5-15-13(14(2,3)18(4,16)17)11-12-9-7-6-8-10-12/h12-13,15H,5-11H2,1-4H3. The van der Waals surface area contributed by atoms with Crippen LogP contribution in [0.3, 0.4) is 0 Å². The molecule has 1 aliphatic rings. The van der Waals surface area contributed by atoms with Crippen molar-refractivity contribution >= 4 is 9.84 Å². The molecule has 0 aliphatic heterocycles. The summed E-state index contributed by atoms with van der Waals surface area (Å²) in [5.41, 5.74) is 0. The van der Waals surface area contributed by atoms with Crippen molar-refractivity contribution in [3.63, 3.8) is 0 Å². The zero-order valence-electron chi connectivity index (χ0n) is 12.3. The van der Waals surface area contributed by atoms with Crippen LogP contribution < -0.4 is 5.32 Å². The third kappa shape index (κ3) is 3.95. The van der Waals surface area contributed by atoms with E-state index in [-0.39, 0.29) is 6.04 Å². The lowest BCUT2D eigenvalue weighted by atomic mass is 9.82. The van der Waals surface area contributed by atoms with E-state index >= 15 is 0 Å². The Bertz CT molecular complexity index is 343. The molecule has 3 nitrogen and oxygen atoms in total. The second-order valence-electron chi connectivity index (χ2n) is 6.23. The lowest BCUT2D eigenvalue weighted by molar-refractivity contribution is 0.274. The molecule has 0 amide bonds. The van der Waals surface area contributed by atoms with Gasteiger partial charge in [0, 0.05) is 12.3 Å². The van der Waals surface area contributed by atoms with E-state index in [4.69, 9.17) is 0 Å². The van der Waals surface area contributed by atoms with E-state index in [0.717, 1.165) is 13.0 Å². The van der Waals surface area contributed by atoms with Gasteiger partial charge in [-0.05, 0) is 32.7 Å². The Labute approximate surface area is 113 Å². The van der Waals surface area contributed by atoms with Crippen molar-refractivity contribution < 1.29 is 8.42 Å². The summed E-state index contributed by atoms with van der Waals surface area (Å²) in [7, 11) is -3.04. The van der Waals surface area contributed by atoms with Crippen molar-refractivity contribution in [3.8, 4) is 0 Å². The fraction of sp³-hybridized carbons (Fsp3) is 1.00. The summed E-state index contributed by atoms with van der Waals surface area (Å²) in [4.78, 5) is 0. The first-order valence-electron chi connectivity index (χ1n) is 7.22. The monoisotopic (exact) mass is 275 g/mol.